The van der Waals surface area contributed by atoms with E-state index in [0.717, 1.165) is 0 Å². The minimum Gasteiger partial charge on any atom is -0.463 e. The van der Waals surface area contributed by atoms with Gasteiger partial charge in [0.2, 0.25) is 0 Å². The molecule has 0 aromatic rings. The quantitative estimate of drug-likeness (QED) is 0.430. The van der Waals surface area contributed by atoms with Gasteiger partial charge in [0.15, 0.2) is 0 Å². The first-order valence-corrected chi connectivity index (χ1v) is 5.91. The van der Waals surface area contributed by atoms with Crippen LogP contribution in [0.1, 0.15) is 41.5 Å². The second-order valence-electron chi connectivity index (χ2n) is 5.19. The van der Waals surface area contributed by atoms with Crippen LogP contribution in [-0.2, 0) is 18.8 Å². The summed E-state index contributed by atoms with van der Waals surface area (Å²) in [5.41, 5.74) is -0.267. The van der Waals surface area contributed by atoms with Crippen molar-refractivity contribution in [2.45, 2.75) is 52.7 Å². The number of carbonyl (C=O) groups is 1. The van der Waals surface area contributed by atoms with Gasteiger partial charge in [0.1, 0.15) is 0 Å². The highest BCUT2D eigenvalue weighted by molar-refractivity contribution is 6.52. The van der Waals surface area contributed by atoms with Crippen molar-refractivity contribution < 1.29 is 18.8 Å². The fraction of sp³-hybridized carbons (Fsp3) is 0.750. The summed E-state index contributed by atoms with van der Waals surface area (Å²) in [5, 5.41) is 0. The summed E-state index contributed by atoms with van der Waals surface area (Å²) in [6.07, 6.45) is 0. The number of rotatable bonds is 3. The molecule has 0 aromatic carbocycles. The van der Waals surface area contributed by atoms with Crippen molar-refractivity contribution in [3.8, 4) is 0 Å². The van der Waals surface area contributed by atoms with Crippen molar-refractivity contribution in [2.75, 3.05) is 6.61 Å². The maximum atomic E-state index is 11.5. The maximum Gasteiger partial charge on any atom is 0.487 e. The van der Waals surface area contributed by atoms with Gasteiger partial charge in [-0.05, 0) is 47.5 Å². The topological polar surface area (TPSA) is 44.8 Å². The molecule has 0 atom stereocenters. The molecule has 0 unspecified atom stereocenters. The van der Waals surface area contributed by atoms with Gasteiger partial charge in [-0.2, -0.15) is 0 Å². The standard InChI is InChI=1S/C12H21BO4/c1-7-15-10(14)9(2)8-13-16-11(3,4)12(5,6)17-13/h8H,7H2,1-6H3/b9-8-. The van der Waals surface area contributed by atoms with Crippen molar-refractivity contribution in [1.29, 1.82) is 0 Å². The van der Waals surface area contributed by atoms with Crippen LogP contribution < -0.4 is 0 Å². The molecule has 0 bridgehead atoms. The summed E-state index contributed by atoms with van der Waals surface area (Å²) < 4.78 is 16.4. The van der Waals surface area contributed by atoms with Crippen molar-refractivity contribution in [3.63, 3.8) is 0 Å². The van der Waals surface area contributed by atoms with Gasteiger partial charge >= 0.3 is 13.1 Å². The molecule has 5 heteroatoms. The monoisotopic (exact) mass is 240 g/mol. The van der Waals surface area contributed by atoms with Crippen molar-refractivity contribution in [3.05, 3.63) is 11.5 Å². The van der Waals surface area contributed by atoms with E-state index < -0.39 is 7.12 Å². The molecule has 1 saturated heterocycles. The van der Waals surface area contributed by atoms with E-state index in [4.69, 9.17) is 14.0 Å². The minimum absolute atomic E-state index is 0.331. The second kappa shape index (κ2) is 4.82. The summed E-state index contributed by atoms with van der Waals surface area (Å²) in [6.45, 7) is 11.7. The van der Waals surface area contributed by atoms with Crippen molar-refractivity contribution in [1.82, 2.24) is 0 Å². The summed E-state index contributed by atoms with van der Waals surface area (Å²) in [6, 6.07) is 0. The number of esters is 1. The predicted molar refractivity (Wildman–Crippen MR) is 66.5 cm³/mol. The van der Waals surface area contributed by atoms with Gasteiger partial charge in [-0.15, -0.1) is 0 Å². The zero-order chi connectivity index (χ0) is 13.3. The van der Waals surface area contributed by atoms with E-state index in [0.29, 0.717) is 12.2 Å². The molecular formula is C12H21BO4. The van der Waals surface area contributed by atoms with Gasteiger partial charge < -0.3 is 14.0 Å². The third-order valence-corrected chi connectivity index (χ3v) is 3.25. The fourth-order valence-electron chi connectivity index (χ4n) is 1.47. The van der Waals surface area contributed by atoms with Gasteiger partial charge in [0.25, 0.3) is 0 Å². The molecular weight excluding hydrogens is 219 g/mol. The Morgan fingerprint density at radius 3 is 2.12 bits per heavy atom. The molecule has 0 N–H and O–H groups in total. The summed E-state index contributed by atoms with van der Waals surface area (Å²) in [4.78, 5) is 11.5. The van der Waals surface area contributed by atoms with Gasteiger partial charge in [-0.25, -0.2) is 4.79 Å². The Morgan fingerprint density at radius 1 is 1.24 bits per heavy atom. The van der Waals surface area contributed by atoms with Crippen molar-refractivity contribution >= 4 is 13.1 Å². The second-order valence-corrected chi connectivity index (χ2v) is 5.19. The van der Waals surface area contributed by atoms with Gasteiger partial charge in [0.05, 0.1) is 17.8 Å². The van der Waals surface area contributed by atoms with Crippen LogP contribution in [0.2, 0.25) is 0 Å². The summed E-state index contributed by atoms with van der Waals surface area (Å²) in [7, 11) is -0.496. The first kappa shape index (κ1) is 14.3. The van der Waals surface area contributed by atoms with Crippen LogP contribution in [0.25, 0.3) is 0 Å². The third kappa shape index (κ3) is 3.10. The van der Waals surface area contributed by atoms with E-state index in [9.17, 15) is 4.79 Å². The minimum atomic E-state index is -0.496. The van der Waals surface area contributed by atoms with Crippen LogP contribution >= 0.6 is 0 Å². The Kier molecular flexibility index (Phi) is 4.04. The molecule has 96 valence electrons. The lowest BCUT2D eigenvalue weighted by molar-refractivity contribution is -0.138. The third-order valence-electron chi connectivity index (χ3n) is 3.25. The first-order chi connectivity index (χ1) is 7.69. The van der Waals surface area contributed by atoms with Crippen LogP contribution in [0.5, 0.6) is 0 Å². The highest BCUT2D eigenvalue weighted by Gasteiger charge is 2.50. The Labute approximate surface area is 103 Å². The smallest absolute Gasteiger partial charge is 0.463 e. The van der Waals surface area contributed by atoms with Gasteiger partial charge in [-0.1, -0.05) is 0 Å². The average Bonchev–Trinajstić information content (AvgIpc) is 2.35. The zero-order valence-electron chi connectivity index (χ0n) is 11.5. The number of hydrogen-bond donors (Lipinski definition) is 0. The van der Waals surface area contributed by atoms with Crippen LogP contribution in [0.15, 0.2) is 11.5 Å². The largest absolute Gasteiger partial charge is 0.487 e. The fourth-order valence-corrected chi connectivity index (χ4v) is 1.47. The molecule has 1 aliphatic rings. The first-order valence-electron chi connectivity index (χ1n) is 5.91. The number of carbonyl (C=O) groups excluding carboxylic acids is 1. The molecule has 0 aromatic heterocycles. The highest BCUT2D eigenvalue weighted by Crippen LogP contribution is 2.37. The molecule has 0 amide bonds. The van der Waals surface area contributed by atoms with Gasteiger partial charge in [-0.3, -0.25) is 0 Å². The lowest BCUT2D eigenvalue weighted by Gasteiger charge is -2.32. The molecule has 1 heterocycles. The Hall–Kier alpha value is -0.805. The molecule has 1 aliphatic heterocycles. The Morgan fingerprint density at radius 2 is 1.71 bits per heavy atom. The maximum absolute atomic E-state index is 11.5. The van der Waals surface area contributed by atoms with E-state index in [2.05, 4.69) is 0 Å². The van der Waals surface area contributed by atoms with Crippen LogP contribution in [-0.4, -0.2) is 30.9 Å². The van der Waals surface area contributed by atoms with E-state index in [-0.39, 0.29) is 17.2 Å². The number of hydrogen-bond acceptors (Lipinski definition) is 4. The average molecular weight is 240 g/mol. The highest BCUT2D eigenvalue weighted by atomic mass is 16.7. The Bertz CT molecular complexity index is 317. The van der Waals surface area contributed by atoms with E-state index in [1.807, 2.05) is 27.7 Å². The van der Waals surface area contributed by atoms with Crippen LogP contribution in [0.3, 0.4) is 0 Å². The lowest BCUT2D eigenvalue weighted by atomic mass is 9.87. The lowest BCUT2D eigenvalue weighted by Crippen LogP contribution is -2.41. The summed E-state index contributed by atoms with van der Waals surface area (Å²) >= 11 is 0. The van der Waals surface area contributed by atoms with Crippen LogP contribution in [0, 0.1) is 0 Å². The zero-order valence-corrected chi connectivity index (χ0v) is 11.5. The van der Waals surface area contributed by atoms with E-state index in [1.54, 1.807) is 19.8 Å². The molecule has 0 radical (unpaired) electrons. The van der Waals surface area contributed by atoms with E-state index >= 15 is 0 Å². The Balaban J connectivity index is 2.73. The predicted octanol–water partition coefficient (Wildman–Crippen LogP) is 2.13. The van der Waals surface area contributed by atoms with Crippen molar-refractivity contribution in [2.24, 2.45) is 0 Å². The van der Waals surface area contributed by atoms with Gasteiger partial charge in [0, 0.05) is 5.57 Å². The van der Waals surface area contributed by atoms with E-state index in [1.165, 1.54) is 0 Å². The number of ether oxygens (including phenoxy) is 1. The molecule has 0 spiro atoms. The molecule has 1 rings (SSSR count). The normalized spacial score (nSPS) is 22.7. The molecule has 4 nitrogen and oxygen atoms in total. The molecule has 17 heavy (non-hydrogen) atoms. The molecule has 1 fully saturated rings. The molecule has 0 aliphatic carbocycles. The van der Waals surface area contributed by atoms with Crippen LogP contribution in [0.4, 0.5) is 0 Å². The molecule has 0 saturated carbocycles. The summed E-state index contributed by atoms with van der Waals surface area (Å²) in [5.74, 6) is 1.33. The SMILES string of the molecule is CCOC(=O)/C(C)=C\B1OC(C)(C)C(C)(C)O1.